The van der Waals surface area contributed by atoms with E-state index in [-0.39, 0.29) is 11.5 Å². The molecule has 0 radical (unpaired) electrons. The number of benzene rings is 2. The van der Waals surface area contributed by atoms with Crippen molar-refractivity contribution >= 4 is 0 Å². The van der Waals surface area contributed by atoms with Gasteiger partial charge in [0.2, 0.25) is 0 Å². The number of para-hydroxylation sites is 1. The average Bonchev–Trinajstić information content (AvgIpc) is 2.48. The highest BCUT2D eigenvalue weighted by atomic mass is 16.5. The number of rotatable bonds is 5. The van der Waals surface area contributed by atoms with Crippen molar-refractivity contribution in [1.82, 2.24) is 0 Å². The van der Waals surface area contributed by atoms with Gasteiger partial charge in [0, 0.05) is 17.0 Å². The van der Waals surface area contributed by atoms with E-state index in [4.69, 9.17) is 10.5 Å². The Morgan fingerprint density at radius 1 is 1.00 bits per heavy atom. The SMILES string of the molecule is CCOc1ccccc1C(N)C(C)(C)c1ccccc1. The Balaban J connectivity index is 2.38. The van der Waals surface area contributed by atoms with Crippen molar-refractivity contribution in [2.24, 2.45) is 5.73 Å². The molecule has 0 saturated heterocycles. The summed E-state index contributed by atoms with van der Waals surface area (Å²) < 4.78 is 5.71. The molecule has 0 aliphatic carbocycles. The van der Waals surface area contributed by atoms with Crippen molar-refractivity contribution in [2.75, 3.05) is 6.61 Å². The zero-order valence-corrected chi connectivity index (χ0v) is 12.5. The fourth-order valence-electron chi connectivity index (χ4n) is 2.46. The first-order chi connectivity index (χ1) is 9.57. The lowest BCUT2D eigenvalue weighted by Crippen LogP contribution is -2.33. The molecule has 1 unspecified atom stereocenters. The number of hydrogen-bond acceptors (Lipinski definition) is 2. The lowest BCUT2D eigenvalue weighted by molar-refractivity contribution is 0.324. The normalized spacial score (nSPS) is 13.0. The quantitative estimate of drug-likeness (QED) is 0.888. The zero-order valence-electron chi connectivity index (χ0n) is 12.5. The second-order valence-electron chi connectivity index (χ2n) is 5.54. The molecule has 2 rings (SSSR count). The van der Waals surface area contributed by atoms with E-state index in [9.17, 15) is 0 Å². The largest absolute Gasteiger partial charge is 0.494 e. The maximum Gasteiger partial charge on any atom is 0.124 e. The topological polar surface area (TPSA) is 35.2 Å². The van der Waals surface area contributed by atoms with Gasteiger partial charge in [-0.15, -0.1) is 0 Å². The van der Waals surface area contributed by atoms with Crippen LogP contribution in [0.3, 0.4) is 0 Å². The van der Waals surface area contributed by atoms with E-state index in [1.165, 1.54) is 5.56 Å². The van der Waals surface area contributed by atoms with Gasteiger partial charge in [0.1, 0.15) is 5.75 Å². The Morgan fingerprint density at radius 2 is 1.60 bits per heavy atom. The van der Waals surface area contributed by atoms with Gasteiger partial charge in [-0.25, -0.2) is 0 Å². The third kappa shape index (κ3) is 2.86. The number of hydrogen-bond donors (Lipinski definition) is 1. The Labute approximate surface area is 121 Å². The van der Waals surface area contributed by atoms with Gasteiger partial charge >= 0.3 is 0 Å². The van der Waals surface area contributed by atoms with Gasteiger partial charge in [-0.3, -0.25) is 0 Å². The van der Waals surface area contributed by atoms with Crippen LogP contribution in [0.2, 0.25) is 0 Å². The summed E-state index contributed by atoms with van der Waals surface area (Å²) in [6, 6.07) is 18.3. The maximum atomic E-state index is 6.56. The monoisotopic (exact) mass is 269 g/mol. The molecule has 2 aromatic carbocycles. The summed E-state index contributed by atoms with van der Waals surface area (Å²) in [5, 5.41) is 0. The Morgan fingerprint density at radius 3 is 2.25 bits per heavy atom. The molecule has 1 atom stereocenters. The second-order valence-corrected chi connectivity index (χ2v) is 5.54. The van der Waals surface area contributed by atoms with Crippen molar-refractivity contribution in [3.8, 4) is 5.75 Å². The maximum absolute atomic E-state index is 6.56. The summed E-state index contributed by atoms with van der Waals surface area (Å²) in [4.78, 5) is 0. The molecule has 0 fully saturated rings. The van der Waals surface area contributed by atoms with Gasteiger partial charge in [0.05, 0.1) is 6.61 Å². The van der Waals surface area contributed by atoms with Crippen LogP contribution in [0.15, 0.2) is 54.6 Å². The molecule has 0 aromatic heterocycles. The molecule has 0 saturated carbocycles. The molecule has 20 heavy (non-hydrogen) atoms. The smallest absolute Gasteiger partial charge is 0.124 e. The first kappa shape index (κ1) is 14.6. The number of ether oxygens (including phenoxy) is 1. The van der Waals surface area contributed by atoms with Crippen LogP contribution in [0.25, 0.3) is 0 Å². The van der Waals surface area contributed by atoms with Gasteiger partial charge < -0.3 is 10.5 Å². The van der Waals surface area contributed by atoms with Crippen molar-refractivity contribution in [1.29, 1.82) is 0 Å². The molecule has 2 aromatic rings. The molecule has 2 nitrogen and oxygen atoms in total. The van der Waals surface area contributed by atoms with E-state index in [1.807, 2.05) is 31.2 Å². The van der Waals surface area contributed by atoms with Gasteiger partial charge in [-0.05, 0) is 18.6 Å². The fourth-order valence-corrected chi connectivity index (χ4v) is 2.46. The highest BCUT2D eigenvalue weighted by Gasteiger charge is 2.31. The molecule has 0 aliphatic heterocycles. The molecule has 106 valence electrons. The standard InChI is InChI=1S/C18H23NO/c1-4-20-16-13-9-8-12-15(16)17(19)18(2,3)14-10-6-5-7-11-14/h5-13,17H,4,19H2,1-3H3. The van der Waals surface area contributed by atoms with E-state index < -0.39 is 0 Å². The highest BCUT2D eigenvalue weighted by Crippen LogP contribution is 2.38. The predicted octanol–water partition coefficient (Wildman–Crippen LogP) is 4.06. The summed E-state index contributed by atoms with van der Waals surface area (Å²) >= 11 is 0. The van der Waals surface area contributed by atoms with E-state index >= 15 is 0 Å². The van der Waals surface area contributed by atoms with E-state index in [0.29, 0.717) is 6.61 Å². The second kappa shape index (κ2) is 6.10. The molecule has 2 N–H and O–H groups in total. The molecule has 0 bridgehead atoms. The van der Waals surface area contributed by atoms with Crippen molar-refractivity contribution in [3.63, 3.8) is 0 Å². The van der Waals surface area contributed by atoms with E-state index in [2.05, 4.69) is 44.2 Å². The van der Waals surface area contributed by atoms with Crippen molar-refractivity contribution in [2.45, 2.75) is 32.2 Å². The van der Waals surface area contributed by atoms with Gasteiger partial charge in [-0.2, -0.15) is 0 Å². The minimum absolute atomic E-state index is 0.118. The molecule has 0 amide bonds. The minimum Gasteiger partial charge on any atom is -0.494 e. The lowest BCUT2D eigenvalue weighted by Gasteiger charge is -2.33. The lowest BCUT2D eigenvalue weighted by atomic mass is 9.75. The van der Waals surface area contributed by atoms with Crippen LogP contribution >= 0.6 is 0 Å². The molecule has 0 heterocycles. The third-order valence-electron chi connectivity index (χ3n) is 3.85. The average molecular weight is 269 g/mol. The molecular formula is C18H23NO. The summed E-state index contributed by atoms with van der Waals surface area (Å²) in [7, 11) is 0. The van der Waals surface area contributed by atoms with Crippen LogP contribution in [-0.4, -0.2) is 6.61 Å². The Bertz CT molecular complexity index is 548. The summed E-state index contributed by atoms with van der Waals surface area (Å²) in [5.74, 6) is 0.881. The fraction of sp³-hybridized carbons (Fsp3) is 0.333. The first-order valence-electron chi connectivity index (χ1n) is 7.10. The first-order valence-corrected chi connectivity index (χ1v) is 7.10. The van der Waals surface area contributed by atoms with Crippen LogP contribution in [0.1, 0.15) is 37.9 Å². The van der Waals surface area contributed by atoms with Gasteiger partial charge in [0.15, 0.2) is 0 Å². The van der Waals surface area contributed by atoms with E-state index in [1.54, 1.807) is 0 Å². The van der Waals surface area contributed by atoms with Crippen molar-refractivity contribution < 1.29 is 4.74 Å². The third-order valence-corrected chi connectivity index (χ3v) is 3.85. The highest BCUT2D eigenvalue weighted by molar-refractivity contribution is 5.40. The molecular weight excluding hydrogens is 246 g/mol. The Hall–Kier alpha value is -1.80. The number of nitrogens with two attached hydrogens (primary N) is 1. The van der Waals surface area contributed by atoms with Crippen LogP contribution in [-0.2, 0) is 5.41 Å². The van der Waals surface area contributed by atoms with Crippen LogP contribution in [0, 0.1) is 0 Å². The van der Waals surface area contributed by atoms with Crippen LogP contribution < -0.4 is 10.5 Å². The summed E-state index contributed by atoms with van der Waals surface area (Å²) in [6.07, 6.45) is 0. The van der Waals surface area contributed by atoms with Crippen LogP contribution in [0.4, 0.5) is 0 Å². The van der Waals surface area contributed by atoms with E-state index in [0.717, 1.165) is 11.3 Å². The van der Waals surface area contributed by atoms with Gasteiger partial charge in [0.25, 0.3) is 0 Å². The van der Waals surface area contributed by atoms with Crippen molar-refractivity contribution in [3.05, 3.63) is 65.7 Å². The Kier molecular flexibility index (Phi) is 4.46. The summed E-state index contributed by atoms with van der Waals surface area (Å²) in [6.45, 7) is 6.99. The van der Waals surface area contributed by atoms with Crippen LogP contribution in [0.5, 0.6) is 5.75 Å². The zero-order chi connectivity index (χ0) is 14.6. The van der Waals surface area contributed by atoms with Gasteiger partial charge in [-0.1, -0.05) is 62.4 Å². The minimum atomic E-state index is -0.158. The predicted molar refractivity (Wildman–Crippen MR) is 84.0 cm³/mol. The molecule has 2 heteroatoms. The summed E-state index contributed by atoms with van der Waals surface area (Å²) in [5.41, 5.74) is 8.69. The molecule has 0 spiro atoms. The molecule has 0 aliphatic rings.